The Morgan fingerprint density at radius 3 is 1.20 bits per heavy atom. The van der Waals surface area contributed by atoms with Crippen LogP contribution in [0.4, 0.5) is 0 Å². The maximum atomic E-state index is 3.90. The first-order valence-corrected chi connectivity index (χ1v) is 16.0. The number of fused-ring (bicyclic) bond motifs is 10. The number of benzene rings is 6. The van der Waals surface area contributed by atoms with Gasteiger partial charge in [0, 0.05) is 5.41 Å². The van der Waals surface area contributed by atoms with Crippen LogP contribution in [0, 0.1) is 24.3 Å². The summed E-state index contributed by atoms with van der Waals surface area (Å²) in [5, 5.41) is 0. The van der Waals surface area contributed by atoms with Gasteiger partial charge in [-0.25, -0.2) is 34.4 Å². The van der Waals surface area contributed by atoms with Crippen LogP contribution in [0.25, 0.3) is 44.5 Å². The minimum absolute atomic E-state index is 0. The fraction of sp³-hybridized carbons (Fsp3) is 0.200. The van der Waals surface area contributed by atoms with Crippen molar-refractivity contribution in [1.29, 1.82) is 0 Å². The van der Waals surface area contributed by atoms with Crippen molar-refractivity contribution in [3.8, 4) is 44.5 Å². The van der Waals surface area contributed by atoms with Crippen LogP contribution in [-0.4, -0.2) is 0 Å². The topological polar surface area (TPSA) is 0 Å². The first kappa shape index (κ1) is 30.7. The first-order chi connectivity index (χ1) is 21.6. The molecule has 0 aromatic heterocycles. The van der Waals surface area contributed by atoms with Crippen molar-refractivity contribution in [3.63, 3.8) is 0 Å². The van der Waals surface area contributed by atoms with E-state index < -0.39 is 5.41 Å². The molecule has 46 heavy (non-hydrogen) atoms. The molecule has 0 fully saturated rings. The third kappa shape index (κ3) is 4.52. The second-order valence-electron chi connectivity index (χ2n) is 14.6. The molecule has 2 aliphatic carbocycles. The van der Waals surface area contributed by atoms with E-state index in [1.165, 1.54) is 44.5 Å². The van der Waals surface area contributed by atoms with Gasteiger partial charge in [0.25, 0.3) is 0 Å². The monoisotopic (exact) mass is 771 g/mol. The summed E-state index contributed by atoms with van der Waals surface area (Å²) in [6.45, 7) is 13.5. The third-order valence-corrected chi connectivity index (χ3v) is 9.84. The Labute approximate surface area is 288 Å². The van der Waals surface area contributed by atoms with Gasteiger partial charge >= 0.3 is 21.1 Å². The van der Waals surface area contributed by atoms with Crippen LogP contribution in [0.2, 0.25) is 0 Å². The van der Waals surface area contributed by atoms with E-state index in [1.807, 2.05) is 0 Å². The SMILES string of the molecule is CC(C)(C)c1c[c-]c(-c2[c-]c3c(cc2)C2(c4ccc(-c5[c-]cc(C(C)(C)C)cc5)[c-]c4-3)c3ccccc3-c3ccccc32)cc1.[Pt+4]. The molecule has 0 radical (unpaired) electrons. The van der Waals surface area contributed by atoms with E-state index in [9.17, 15) is 0 Å². The molecular formula is C45H36Pt. The average molecular weight is 772 g/mol. The summed E-state index contributed by atoms with van der Waals surface area (Å²) in [7, 11) is 0. The van der Waals surface area contributed by atoms with Crippen LogP contribution in [0.1, 0.15) is 74.9 Å². The van der Waals surface area contributed by atoms with E-state index in [0.29, 0.717) is 0 Å². The molecule has 0 aliphatic heterocycles. The van der Waals surface area contributed by atoms with Gasteiger partial charge < -0.3 is 0 Å². The predicted octanol–water partition coefficient (Wildman–Crippen LogP) is 11.2. The zero-order valence-corrected chi connectivity index (χ0v) is 29.5. The van der Waals surface area contributed by atoms with Crippen LogP contribution in [-0.2, 0) is 37.3 Å². The molecule has 0 saturated heterocycles. The standard InChI is InChI=1S/C45H36.Pt/c1-43(2,3)33-21-15-29(16-22-33)31-19-25-41-37(27-31)38-28-32(30-17-23-34(24-18-30)44(4,5)6)20-26-42(38)45(41)39-13-9-7-11-35(39)36-12-8-10-14-40(36)45;/h7-15,17,19-26H,1-6H3;/q-4;+4. The minimum Gasteiger partial charge on any atom is -0.210 e. The maximum Gasteiger partial charge on any atom is 4.00 e. The molecule has 0 bridgehead atoms. The molecule has 6 aromatic rings. The molecule has 2 aliphatic rings. The molecule has 0 atom stereocenters. The van der Waals surface area contributed by atoms with E-state index in [4.69, 9.17) is 0 Å². The van der Waals surface area contributed by atoms with E-state index in [0.717, 1.165) is 33.4 Å². The number of rotatable bonds is 2. The van der Waals surface area contributed by atoms with Crippen molar-refractivity contribution in [3.05, 3.63) is 167 Å². The van der Waals surface area contributed by atoms with Crippen LogP contribution in [0.15, 0.2) is 109 Å². The van der Waals surface area contributed by atoms with Gasteiger partial charge in [0.2, 0.25) is 0 Å². The molecule has 6 aromatic carbocycles. The van der Waals surface area contributed by atoms with E-state index in [2.05, 4.69) is 175 Å². The maximum absolute atomic E-state index is 3.90. The molecule has 1 heteroatoms. The van der Waals surface area contributed by atoms with Crippen LogP contribution >= 0.6 is 0 Å². The minimum atomic E-state index is -0.415. The van der Waals surface area contributed by atoms with Gasteiger partial charge in [-0.3, -0.25) is 0 Å². The summed E-state index contributed by atoms with van der Waals surface area (Å²) in [5.41, 5.74) is 16.6. The summed E-state index contributed by atoms with van der Waals surface area (Å²) in [6.07, 6.45) is 0. The van der Waals surface area contributed by atoms with Gasteiger partial charge in [0.05, 0.1) is 0 Å². The van der Waals surface area contributed by atoms with Gasteiger partial charge in [-0.05, 0) is 33.1 Å². The summed E-state index contributed by atoms with van der Waals surface area (Å²) in [5.74, 6) is 0. The summed E-state index contributed by atoms with van der Waals surface area (Å²) < 4.78 is 0. The Morgan fingerprint density at radius 1 is 0.435 bits per heavy atom. The fourth-order valence-electron chi connectivity index (χ4n) is 7.40. The second kappa shape index (κ2) is 10.8. The number of hydrogen-bond acceptors (Lipinski definition) is 0. The number of hydrogen-bond donors (Lipinski definition) is 0. The second-order valence-corrected chi connectivity index (χ2v) is 14.6. The van der Waals surface area contributed by atoms with Crippen molar-refractivity contribution in [2.24, 2.45) is 0 Å². The van der Waals surface area contributed by atoms with E-state index >= 15 is 0 Å². The largest absolute Gasteiger partial charge is 4.00 e. The van der Waals surface area contributed by atoms with Crippen molar-refractivity contribution in [2.45, 2.75) is 57.8 Å². The Balaban J connectivity index is 0.00000338. The molecule has 0 unspecified atom stereocenters. The fourth-order valence-corrected chi connectivity index (χ4v) is 7.40. The van der Waals surface area contributed by atoms with Gasteiger partial charge in [-0.15, -0.1) is 46.5 Å². The molecule has 8 rings (SSSR count). The van der Waals surface area contributed by atoms with Crippen molar-refractivity contribution in [1.82, 2.24) is 0 Å². The predicted molar refractivity (Wildman–Crippen MR) is 186 cm³/mol. The molecule has 1 spiro atoms. The van der Waals surface area contributed by atoms with Gasteiger partial charge in [-0.1, -0.05) is 90.1 Å². The zero-order chi connectivity index (χ0) is 31.1. The Kier molecular flexibility index (Phi) is 7.19. The van der Waals surface area contributed by atoms with E-state index in [-0.39, 0.29) is 31.9 Å². The molecule has 0 saturated carbocycles. The molecular weight excluding hydrogens is 736 g/mol. The summed E-state index contributed by atoms with van der Waals surface area (Å²) in [4.78, 5) is 0. The van der Waals surface area contributed by atoms with Crippen LogP contribution < -0.4 is 0 Å². The quantitative estimate of drug-likeness (QED) is 0.154. The Morgan fingerprint density at radius 2 is 0.826 bits per heavy atom. The zero-order valence-electron chi connectivity index (χ0n) is 27.2. The Bertz CT molecular complexity index is 1940. The first-order valence-electron chi connectivity index (χ1n) is 16.0. The van der Waals surface area contributed by atoms with Gasteiger partial charge in [-0.2, -0.15) is 59.7 Å². The normalized spacial score (nSPS) is 13.9. The summed E-state index contributed by atoms with van der Waals surface area (Å²) in [6, 6.07) is 55.1. The van der Waals surface area contributed by atoms with E-state index in [1.54, 1.807) is 0 Å². The van der Waals surface area contributed by atoms with Crippen LogP contribution in [0.5, 0.6) is 0 Å². The van der Waals surface area contributed by atoms with Gasteiger partial charge in [0.1, 0.15) is 0 Å². The summed E-state index contributed by atoms with van der Waals surface area (Å²) >= 11 is 0. The van der Waals surface area contributed by atoms with Gasteiger partial charge in [0.15, 0.2) is 0 Å². The molecule has 0 N–H and O–H groups in total. The molecule has 0 amide bonds. The Hall–Kier alpha value is -3.99. The average Bonchev–Trinajstić information content (AvgIpc) is 3.50. The third-order valence-electron chi connectivity index (χ3n) is 9.84. The molecule has 226 valence electrons. The molecule has 0 heterocycles. The van der Waals surface area contributed by atoms with Crippen molar-refractivity contribution in [2.75, 3.05) is 0 Å². The molecule has 0 nitrogen and oxygen atoms in total. The smallest absolute Gasteiger partial charge is 0.210 e. The van der Waals surface area contributed by atoms with Crippen LogP contribution in [0.3, 0.4) is 0 Å². The van der Waals surface area contributed by atoms with Crippen molar-refractivity contribution < 1.29 is 21.1 Å². The van der Waals surface area contributed by atoms with Crippen molar-refractivity contribution >= 4 is 0 Å².